The minimum absolute atomic E-state index is 0.157. The smallest absolute Gasteiger partial charge is 0.267 e. The van der Waals surface area contributed by atoms with E-state index in [1.54, 1.807) is 23.3 Å². The summed E-state index contributed by atoms with van der Waals surface area (Å²) >= 11 is 5.96. The number of benzene rings is 2. The number of hydrogen-bond donors (Lipinski definition) is 0. The Bertz CT molecular complexity index is 908. The Labute approximate surface area is 162 Å². The van der Waals surface area contributed by atoms with Gasteiger partial charge < -0.3 is 18.8 Å². The molecule has 1 aliphatic heterocycles. The molecule has 0 spiro atoms. The molecule has 0 aliphatic carbocycles. The lowest BCUT2D eigenvalue weighted by molar-refractivity contribution is -0.142. The molecule has 0 saturated heterocycles. The molecule has 1 atom stereocenters. The first kappa shape index (κ1) is 17.5. The Morgan fingerprint density at radius 3 is 2.52 bits per heavy atom. The largest absolute Gasteiger partial charge is 0.485 e. The van der Waals surface area contributed by atoms with Crippen LogP contribution in [0.1, 0.15) is 11.3 Å². The molecule has 1 aromatic heterocycles. The van der Waals surface area contributed by atoms with E-state index in [2.05, 4.69) is 0 Å². The third-order valence-corrected chi connectivity index (χ3v) is 4.56. The van der Waals surface area contributed by atoms with Gasteiger partial charge in [0.2, 0.25) is 6.10 Å². The van der Waals surface area contributed by atoms with Crippen LogP contribution in [0.2, 0.25) is 5.02 Å². The molecule has 0 saturated carbocycles. The average molecular weight is 384 g/mol. The molecule has 27 heavy (non-hydrogen) atoms. The van der Waals surface area contributed by atoms with Crippen LogP contribution < -0.4 is 9.47 Å². The fourth-order valence-electron chi connectivity index (χ4n) is 2.96. The van der Waals surface area contributed by atoms with E-state index in [1.165, 1.54) is 0 Å². The second kappa shape index (κ2) is 7.76. The molecule has 5 nitrogen and oxygen atoms in total. The Morgan fingerprint density at radius 2 is 1.78 bits per heavy atom. The molecule has 1 aliphatic rings. The highest BCUT2D eigenvalue weighted by atomic mass is 35.5. The van der Waals surface area contributed by atoms with Gasteiger partial charge in [-0.15, -0.1) is 0 Å². The number of amides is 1. The number of fused-ring (bicyclic) bond motifs is 1. The fourth-order valence-corrected chi connectivity index (χ4v) is 3.08. The van der Waals surface area contributed by atoms with Crippen LogP contribution in [0.5, 0.6) is 11.5 Å². The van der Waals surface area contributed by atoms with Crippen molar-refractivity contribution in [2.45, 2.75) is 19.2 Å². The monoisotopic (exact) mass is 383 g/mol. The maximum atomic E-state index is 13.2. The number of carbonyl (C=O) groups excluding carboxylic acids is 1. The molecular formula is C21H18ClNO4. The lowest BCUT2D eigenvalue weighted by Crippen LogP contribution is -2.45. The summed E-state index contributed by atoms with van der Waals surface area (Å²) in [5.41, 5.74) is 0.969. The van der Waals surface area contributed by atoms with E-state index < -0.39 is 6.10 Å². The van der Waals surface area contributed by atoms with Gasteiger partial charge in [-0.05, 0) is 42.0 Å². The topological polar surface area (TPSA) is 51.9 Å². The lowest BCUT2D eigenvalue weighted by Gasteiger charge is -2.30. The lowest BCUT2D eigenvalue weighted by atomic mass is 10.2. The highest BCUT2D eigenvalue weighted by Gasteiger charge is 2.31. The number of halogens is 1. The quantitative estimate of drug-likeness (QED) is 0.659. The summed E-state index contributed by atoms with van der Waals surface area (Å²) in [5.74, 6) is 1.77. The van der Waals surface area contributed by atoms with E-state index in [0.29, 0.717) is 35.4 Å². The number of hydrogen-bond acceptors (Lipinski definition) is 4. The normalized spacial score (nSPS) is 15.4. The van der Waals surface area contributed by atoms with Crippen molar-refractivity contribution in [3.05, 3.63) is 83.3 Å². The first-order valence-corrected chi connectivity index (χ1v) is 9.01. The van der Waals surface area contributed by atoms with Gasteiger partial charge in [0.15, 0.2) is 11.5 Å². The van der Waals surface area contributed by atoms with E-state index in [-0.39, 0.29) is 12.5 Å². The zero-order valence-electron chi connectivity index (χ0n) is 14.5. The van der Waals surface area contributed by atoms with E-state index in [0.717, 1.165) is 5.56 Å². The zero-order chi connectivity index (χ0) is 18.6. The van der Waals surface area contributed by atoms with Gasteiger partial charge in [-0.25, -0.2) is 0 Å². The average Bonchev–Trinajstić information content (AvgIpc) is 3.21. The SMILES string of the molecule is O=C([C@H]1COc2ccccc2O1)N(Cc1ccc(Cl)cc1)Cc1ccco1. The molecule has 0 bridgehead atoms. The summed E-state index contributed by atoms with van der Waals surface area (Å²) < 4.78 is 17.0. The maximum absolute atomic E-state index is 13.2. The summed E-state index contributed by atoms with van der Waals surface area (Å²) in [5, 5.41) is 0.656. The van der Waals surface area contributed by atoms with Gasteiger partial charge in [-0.2, -0.15) is 0 Å². The molecule has 4 rings (SSSR count). The zero-order valence-corrected chi connectivity index (χ0v) is 15.3. The van der Waals surface area contributed by atoms with Crippen molar-refractivity contribution >= 4 is 17.5 Å². The van der Waals surface area contributed by atoms with Crippen LogP contribution in [-0.2, 0) is 17.9 Å². The Hall–Kier alpha value is -2.92. The summed E-state index contributed by atoms with van der Waals surface area (Å²) in [6.45, 7) is 0.930. The molecule has 0 N–H and O–H groups in total. The first-order chi connectivity index (χ1) is 13.2. The van der Waals surface area contributed by atoms with Gasteiger partial charge in [0.1, 0.15) is 12.4 Å². The van der Waals surface area contributed by atoms with Gasteiger partial charge in [-0.1, -0.05) is 35.9 Å². The summed E-state index contributed by atoms with van der Waals surface area (Å²) in [4.78, 5) is 14.9. The molecule has 2 aromatic carbocycles. The van der Waals surface area contributed by atoms with E-state index in [4.69, 9.17) is 25.5 Å². The van der Waals surface area contributed by atoms with E-state index >= 15 is 0 Å². The van der Waals surface area contributed by atoms with Crippen LogP contribution in [0.15, 0.2) is 71.3 Å². The predicted octanol–water partition coefficient (Wildman–Crippen LogP) is 4.30. The van der Waals surface area contributed by atoms with Gasteiger partial charge in [0, 0.05) is 11.6 Å². The number of furan rings is 1. The Kier molecular flexibility index (Phi) is 5.03. The van der Waals surface area contributed by atoms with Crippen LogP contribution in [0.3, 0.4) is 0 Å². The third kappa shape index (κ3) is 4.09. The first-order valence-electron chi connectivity index (χ1n) is 8.63. The summed E-state index contributed by atoms with van der Waals surface area (Å²) in [6, 6.07) is 18.4. The van der Waals surface area contributed by atoms with Crippen molar-refractivity contribution in [2.24, 2.45) is 0 Å². The number of para-hydroxylation sites is 2. The van der Waals surface area contributed by atoms with Gasteiger partial charge >= 0.3 is 0 Å². The minimum Gasteiger partial charge on any atom is -0.485 e. The highest BCUT2D eigenvalue weighted by Crippen LogP contribution is 2.31. The second-order valence-corrected chi connectivity index (χ2v) is 6.70. The van der Waals surface area contributed by atoms with E-state index in [1.807, 2.05) is 48.5 Å². The molecule has 138 valence electrons. The van der Waals surface area contributed by atoms with Crippen LogP contribution >= 0.6 is 11.6 Å². The number of ether oxygens (including phenoxy) is 2. The van der Waals surface area contributed by atoms with Crippen molar-refractivity contribution in [3.63, 3.8) is 0 Å². The minimum atomic E-state index is -0.706. The Morgan fingerprint density at radius 1 is 1.00 bits per heavy atom. The van der Waals surface area contributed by atoms with Crippen molar-refractivity contribution in [1.82, 2.24) is 4.90 Å². The number of carbonyl (C=O) groups is 1. The standard InChI is InChI=1S/C21H18ClNO4/c22-16-9-7-15(8-10-16)12-23(13-17-4-3-11-25-17)21(24)20-14-26-18-5-1-2-6-19(18)27-20/h1-11,20H,12-14H2/t20-/m1/s1. The van der Waals surface area contributed by atoms with Crippen LogP contribution in [0.25, 0.3) is 0 Å². The molecule has 0 unspecified atom stereocenters. The summed E-state index contributed by atoms with van der Waals surface area (Å²) in [7, 11) is 0. The molecule has 3 aromatic rings. The molecule has 0 fully saturated rings. The molecule has 0 radical (unpaired) electrons. The number of nitrogens with zero attached hydrogens (tertiary/aromatic N) is 1. The van der Waals surface area contributed by atoms with E-state index in [9.17, 15) is 4.79 Å². The van der Waals surface area contributed by atoms with Gasteiger partial charge in [-0.3, -0.25) is 4.79 Å². The summed E-state index contributed by atoms with van der Waals surface area (Å²) in [6.07, 6.45) is 0.888. The van der Waals surface area contributed by atoms with Crippen molar-refractivity contribution < 1.29 is 18.7 Å². The predicted molar refractivity (Wildman–Crippen MR) is 101 cm³/mol. The van der Waals surface area contributed by atoms with Crippen LogP contribution in [0.4, 0.5) is 0 Å². The number of rotatable bonds is 5. The molecule has 6 heteroatoms. The van der Waals surface area contributed by atoms with Crippen molar-refractivity contribution in [3.8, 4) is 11.5 Å². The van der Waals surface area contributed by atoms with Crippen molar-refractivity contribution in [1.29, 1.82) is 0 Å². The highest BCUT2D eigenvalue weighted by molar-refractivity contribution is 6.30. The maximum Gasteiger partial charge on any atom is 0.267 e. The third-order valence-electron chi connectivity index (χ3n) is 4.31. The Balaban J connectivity index is 1.54. The van der Waals surface area contributed by atoms with Crippen LogP contribution in [-0.4, -0.2) is 23.5 Å². The van der Waals surface area contributed by atoms with Crippen molar-refractivity contribution in [2.75, 3.05) is 6.61 Å². The molecule has 1 amide bonds. The molecular weight excluding hydrogens is 366 g/mol. The fraction of sp³-hybridized carbons (Fsp3) is 0.190. The van der Waals surface area contributed by atoms with Gasteiger partial charge in [0.05, 0.1) is 12.8 Å². The molecule has 2 heterocycles. The van der Waals surface area contributed by atoms with Gasteiger partial charge in [0.25, 0.3) is 5.91 Å². The second-order valence-electron chi connectivity index (χ2n) is 6.26. The van der Waals surface area contributed by atoms with Crippen LogP contribution in [0, 0.1) is 0 Å².